The highest BCUT2D eigenvalue weighted by Gasteiger charge is 2.25. The number of hydrogen-bond donors (Lipinski definition) is 1. The molecule has 3 heteroatoms. The summed E-state index contributed by atoms with van der Waals surface area (Å²) in [7, 11) is 0. The van der Waals surface area contributed by atoms with Gasteiger partial charge in [0.2, 0.25) is 0 Å². The SMILES string of the molecule is C[C@H]1CNC[C@H](C)N1c1ccccc1Cl. The summed E-state index contributed by atoms with van der Waals surface area (Å²) in [5.74, 6) is 0. The van der Waals surface area contributed by atoms with Crippen LogP contribution < -0.4 is 10.2 Å². The Labute approximate surface area is 96.2 Å². The maximum atomic E-state index is 6.23. The van der Waals surface area contributed by atoms with Crippen LogP contribution in [0.3, 0.4) is 0 Å². The van der Waals surface area contributed by atoms with Gasteiger partial charge in [0.25, 0.3) is 0 Å². The van der Waals surface area contributed by atoms with E-state index in [2.05, 4.69) is 30.1 Å². The van der Waals surface area contributed by atoms with Crippen molar-refractivity contribution in [2.75, 3.05) is 18.0 Å². The van der Waals surface area contributed by atoms with Crippen molar-refractivity contribution in [2.24, 2.45) is 0 Å². The summed E-state index contributed by atoms with van der Waals surface area (Å²) in [6.07, 6.45) is 0. The van der Waals surface area contributed by atoms with Gasteiger partial charge < -0.3 is 10.2 Å². The molecule has 82 valence electrons. The third kappa shape index (κ3) is 2.11. The second kappa shape index (κ2) is 4.42. The van der Waals surface area contributed by atoms with Crippen LogP contribution in [0.4, 0.5) is 5.69 Å². The zero-order chi connectivity index (χ0) is 10.8. The molecule has 1 N–H and O–H groups in total. The first kappa shape index (κ1) is 10.8. The maximum Gasteiger partial charge on any atom is 0.0639 e. The number of hydrogen-bond acceptors (Lipinski definition) is 2. The molecule has 2 nitrogen and oxygen atoms in total. The molecule has 1 heterocycles. The number of para-hydroxylation sites is 1. The predicted molar refractivity (Wildman–Crippen MR) is 65.7 cm³/mol. The topological polar surface area (TPSA) is 15.3 Å². The van der Waals surface area contributed by atoms with Crippen molar-refractivity contribution in [1.82, 2.24) is 5.32 Å². The van der Waals surface area contributed by atoms with Crippen LogP contribution in [-0.4, -0.2) is 25.2 Å². The normalized spacial score (nSPS) is 26.7. The van der Waals surface area contributed by atoms with Crippen LogP contribution in [0.25, 0.3) is 0 Å². The summed E-state index contributed by atoms with van der Waals surface area (Å²) in [6.45, 7) is 6.50. The lowest BCUT2D eigenvalue weighted by Gasteiger charge is -2.41. The predicted octanol–water partition coefficient (Wildman–Crippen LogP) is 2.53. The minimum absolute atomic E-state index is 0.494. The Balaban J connectivity index is 2.31. The van der Waals surface area contributed by atoms with E-state index in [1.807, 2.05) is 18.2 Å². The molecule has 0 radical (unpaired) electrons. The molecule has 1 saturated heterocycles. The van der Waals surface area contributed by atoms with E-state index in [0.717, 1.165) is 23.8 Å². The van der Waals surface area contributed by atoms with Gasteiger partial charge in [0, 0.05) is 25.2 Å². The second-order valence-electron chi connectivity index (χ2n) is 4.21. The lowest BCUT2D eigenvalue weighted by Crippen LogP contribution is -2.55. The van der Waals surface area contributed by atoms with Crippen LogP contribution in [0.2, 0.25) is 5.02 Å². The molecule has 1 aliphatic rings. The van der Waals surface area contributed by atoms with Crippen LogP contribution in [0.1, 0.15) is 13.8 Å². The first-order valence-electron chi connectivity index (χ1n) is 5.43. The molecule has 0 spiro atoms. The van der Waals surface area contributed by atoms with Gasteiger partial charge in [-0.05, 0) is 26.0 Å². The Hall–Kier alpha value is -0.730. The molecule has 2 rings (SSSR count). The van der Waals surface area contributed by atoms with E-state index in [4.69, 9.17) is 11.6 Å². The molecule has 0 saturated carbocycles. The fourth-order valence-corrected chi connectivity index (χ4v) is 2.50. The molecule has 0 bridgehead atoms. The Morgan fingerprint density at radius 2 is 1.80 bits per heavy atom. The van der Waals surface area contributed by atoms with Gasteiger partial charge in [-0.3, -0.25) is 0 Å². The Morgan fingerprint density at radius 1 is 1.20 bits per heavy atom. The van der Waals surface area contributed by atoms with E-state index in [0.29, 0.717) is 12.1 Å². The Bertz CT molecular complexity index is 330. The van der Waals surface area contributed by atoms with E-state index in [9.17, 15) is 0 Å². The summed E-state index contributed by atoms with van der Waals surface area (Å²) < 4.78 is 0. The molecular weight excluding hydrogens is 208 g/mol. The van der Waals surface area contributed by atoms with Crippen molar-refractivity contribution in [3.8, 4) is 0 Å². The number of benzene rings is 1. The van der Waals surface area contributed by atoms with Crippen molar-refractivity contribution in [3.05, 3.63) is 29.3 Å². The Morgan fingerprint density at radius 3 is 2.40 bits per heavy atom. The van der Waals surface area contributed by atoms with Gasteiger partial charge in [-0.25, -0.2) is 0 Å². The first-order valence-corrected chi connectivity index (χ1v) is 5.81. The van der Waals surface area contributed by atoms with Crippen molar-refractivity contribution in [3.63, 3.8) is 0 Å². The average molecular weight is 225 g/mol. The largest absolute Gasteiger partial charge is 0.362 e. The first-order chi connectivity index (χ1) is 7.20. The van der Waals surface area contributed by atoms with Gasteiger partial charge in [-0.1, -0.05) is 23.7 Å². The van der Waals surface area contributed by atoms with Crippen LogP contribution in [-0.2, 0) is 0 Å². The van der Waals surface area contributed by atoms with Crippen molar-refractivity contribution in [1.29, 1.82) is 0 Å². The summed E-state index contributed by atoms with van der Waals surface area (Å²) in [5, 5.41) is 4.26. The quantitative estimate of drug-likeness (QED) is 0.789. The molecule has 1 fully saturated rings. The van der Waals surface area contributed by atoms with Crippen LogP contribution in [0.15, 0.2) is 24.3 Å². The minimum atomic E-state index is 0.494. The fraction of sp³-hybridized carbons (Fsp3) is 0.500. The van der Waals surface area contributed by atoms with Gasteiger partial charge in [-0.15, -0.1) is 0 Å². The smallest absolute Gasteiger partial charge is 0.0639 e. The van der Waals surface area contributed by atoms with Gasteiger partial charge >= 0.3 is 0 Å². The lowest BCUT2D eigenvalue weighted by atomic mass is 10.1. The summed E-state index contributed by atoms with van der Waals surface area (Å²) in [5.41, 5.74) is 1.15. The van der Waals surface area contributed by atoms with E-state index in [-0.39, 0.29) is 0 Å². The van der Waals surface area contributed by atoms with Gasteiger partial charge in [0.15, 0.2) is 0 Å². The lowest BCUT2D eigenvalue weighted by molar-refractivity contribution is 0.432. The molecule has 15 heavy (non-hydrogen) atoms. The molecule has 0 aliphatic carbocycles. The molecular formula is C12H17ClN2. The van der Waals surface area contributed by atoms with E-state index in [1.54, 1.807) is 0 Å². The average Bonchev–Trinajstić information content (AvgIpc) is 2.20. The highest BCUT2D eigenvalue weighted by atomic mass is 35.5. The van der Waals surface area contributed by atoms with Crippen LogP contribution >= 0.6 is 11.6 Å². The van der Waals surface area contributed by atoms with E-state index >= 15 is 0 Å². The number of anilines is 1. The van der Waals surface area contributed by atoms with Crippen molar-refractivity contribution in [2.45, 2.75) is 25.9 Å². The van der Waals surface area contributed by atoms with E-state index in [1.165, 1.54) is 0 Å². The zero-order valence-electron chi connectivity index (χ0n) is 9.20. The number of piperazine rings is 1. The summed E-state index contributed by atoms with van der Waals surface area (Å²) in [4.78, 5) is 2.40. The molecule has 0 amide bonds. The monoisotopic (exact) mass is 224 g/mol. The number of halogens is 1. The molecule has 0 unspecified atom stereocenters. The summed E-state index contributed by atoms with van der Waals surface area (Å²) in [6, 6.07) is 9.06. The summed E-state index contributed by atoms with van der Waals surface area (Å²) >= 11 is 6.23. The van der Waals surface area contributed by atoms with Gasteiger partial charge in [0.05, 0.1) is 10.7 Å². The molecule has 2 atom stereocenters. The Kier molecular flexibility index (Phi) is 3.17. The second-order valence-corrected chi connectivity index (χ2v) is 4.62. The molecule has 1 aromatic rings. The standard InChI is InChI=1S/C12H17ClN2/c1-9-7-14-8-10(2)15(9)12-6-4-3-5-11(12)13/h3-6,9-10,14H,7-8H2,1-2H3/t9-,10-/m0/s1. The number of rotatable bonds is 1. The van der Waals surface area contributed by atoms with Crippen molar-refractivity contribution < 1.29 is 0 Å². The zero-order valence-corrected chi connectivity index (χ0v) is 9.96. The van der Waals surface area contributed by atoms with Crippen LogP contribution in [0.5, 0.6) is 0 Å². The number of nitrogens with one attached hydrogen (secondary N) is 1. The van der Waals surface area contributed by atoms with Crippen molar-refractivity contribution >= 4 is 17.3 Å². The molecule has 1 aliphatic heterocycles. The minimum Gasteiger partial charge on any atom is -0.362 e. The maximum absolute atomic E-state index is 6.23. The van der Waals surface area contributed by atoms with Crippen LogP contribution in [0, 0.1) is 0 Å². The number of nitrogens with zero attached hydrogens (tertiary/aromatic N) is 1. The fourth-order valence-electron chi connectivity index (χ4n) is 2.27. The van der Waals surface area contributed by atoms with Gasteiger partial charge in [0.1, 0.15) is 0 Å². The third-order valence-corrected chi connectivity index (χ3v) is 3.28. The molecule has 0 aromatic heterocycles. The van der Waals surface area contributed by atoms with E-state index < -0.39 is 0 Å². The molecule has 1 aromatic carbocycles. The highest BCUT2D eigenvalue weighted by Crippen LogP contribution is 2.29. The van der Waals surface area contributed by atoms with Gasteiger partial charge in [-0.2, -0.15) is 0 Å². The highest BCUT2D eigenvalue weighted by molar-refractivity contribution is 6.33. The third-order valence-electron chi connectivity index (χ3n) is 2.96.